The summed E-state index contributed by atoms with van der Waals surface area (Å²) >= 11 is 0. The molecule has 3 rings (SSSR count). The molecule has 0 unspecified atom stereocenters. The molecule has 27 heavy (non-hydrogen) atoms. The van der Waals surface area contributed by atoms with Gasteiger partial charge in [0.15, 0.2) is 0 Å². The minimum atomic E-state index is 0.0153. The van der Waals surface area contributed by atoms with Crippen molar-refractivity contribution in [3.63, 3.8) is 0 Å². The lowest BCUT2D eigenvalue weighted by molar-refractivity contribution is -0.117. The average molecular weight is 370 g/mol. The Kier molecular flexibility index (Phi) is 6.50. The molecular weight excluding hydrogens is 338 g/mol. The maximum absolute atomic E-state index is 12.6. The van der Waals surface area contributed by atoms with E-state index in [1.54, 1.807) is 6.20 Å². The summed E-state index contributed by atoms with van der Waals surface area (Å²) in [6.07, 6.45) is 6.56. The highest BCUT2D eigenvalue weighted by Crippen LogP contribution is 2.31. The number of benzene rings is 1. The van der Waals surface area contributed by atoms with Gasteiger partial charge in [-0.05, 0) is 37.1 Å². The van der Waals surface area contributed by atoms with Crippen LogP contribution in [0.1, 0.15) is 44.2 Å². The van der Waals surface area contributed by atoms with Crippen molar-refractivity contribution in [2.45, 2.75) is 45.2 Å². The lowest BCUT2D eigenvalue weighted by Crippen LogP contribution is -2.33. The van der Waals surface area contributed by atoms with Gasteiger partial charge in [0.25, 0.3) is 0 Å². The minimum absolute atomic E-state index is 0.0153. The van der Waals surface area contributed by atoms with Crippen molar-refractivity contribution in [3.8, 4) is 0 Å². The Bertz CT molecular complexity index is 731. The van der Waals surface area contributed by atoms with Gasteiger partial charge in [0.1, 0.15) is 5.82 Å². The molecule has 0 atom stereocenters. The molecule has 0 aliphatic heterocycles. The van der Waals surface area contributed by atoms with Crippen LogP contribution in [0.2, 0.25) is 0 Å². The molecule has 1 N–H and O–H groups in total. The van der Waals surface area contributed by atoms with Crippen LogP contribution in [-0.4, -0.2) is 47.8 Å². The standard InChI is InChI=1S/C21H31N5O/c1-4-25(15-17-9-11-18(12-10-17)24(2)3)16-21(27)23-20-13-14-22-26(20)19-7-5-6-8-19/h9-14,19H,4-8,15-16H2,1-3H3,(H,23,27). The molecule has 1 aliphatic carbocycles. The second-order valence-electron chi connectivity index (χ2n) is 7.51. The molecule has 1 aromatic carbocycles. The lowest BCUT2D eigenvalue weighted by atomic mass is 10.2. The van der Waals surface area contributed by atoms with Crippen molar-refractivity contribution in [1.29, 1.82) is 0 Å². The fourth-order valence-electron chi connectivity index (χ4n) is 3.68. The highest BCUT2D eigenvalue weighted by molar-refractivity contribution is 5.91. The van der Waals surface area contributed by atoms with E-state index in [0.717, 1.165) is 31.7 Å². The van der Waals surface area contributed by atoms with Gasteiger partial charge in [-0.15, -0.1) is 0 Å². The molecule has 1 amide bonds. The number of likely N-dealkylation sites (N-methyl/N-ethyl adjacent to an activating group) is 1. The number of aromatic nitrogens is 2. The van der Waals surface area contributed by atoms with E-state index >= 15 is 0 Å². The predicted octanol–water partition coefficient (Wildman–Crippen LogP) is 3.52. The third-order valence-electron chi connectivity index (χ3n) is 5.28. The molecule has 1 saturated carbocycles. The molecule has 1 heterocycles. The molecule has 1 fully saturated rings. The Morgan fingerprint density at radius 2 is 1.89 bits per heavy atom. The normalized spacial score (nSPS) is 14.7. The first kappa shape index (κ1) is 19.4. The van der Waals surface area contributed by atoms with Crippen LogP contribution in [0, 0.1) is 0 Å². The maximum atomic E-state index is 12.6. The number of nitrogens with zero attached hydrogens (tertiary/aromatic N) is 4. The first-order valence-corrected chi connectivity index (χ1v) is 9.88. The molecule has 6 nitrogen and oxygen atoms in total. The van der Waals surface area contributed by atoms with Crippen LogP contribution < -0.4 is 10.2 Å². The fraction of sp³-hybridized carbons (Fsp3) is 0.524. The van der Waals surface area contributed by atoms with Crippen LogP contribution >= 0.6 is 0 Å². The van der Waals surface area contributed by atoms with Crippen molar-refractivity contribution < 1.29 is 4.79 Å². The van der Waals surface area contributed by atoms with Crippen molar-refractivity contribution >= 4 is 17.4 Å². The van der Waals surface area contributed by atoms with Gasteiger partial charge in [0.05, 0.1) is 18.8 Å². The van der Waals surface area contributed by atoms with Gasteiger partial charge in [0, 0.05) is 32.4 Å². The van der Waals surface area contributed by atoms with Gasteiger partial charge in [-0.2, -0.15) is 5.10 Å². The maximum Gasteiger partial charge on any atom is 0.239 e. The van der Waals surface area contributed by atoms with Crippen molar-refractivity contribution in [2.75, 3.05) is 37.4 Å². The molecule has 1 aromatic heterocycles. The highest BCUT2D eigenvalue weighted by atomic mass is 16.2. The monoisotopic (exact) mass is 369 g/mol. The van der Waals surface area contributed by atoms with E-state index in [1.165, 1.54) is 24.1 Å². The van der Waals surface area contributed by atoms with Crippen molar-refractivity contribution in [3.05, 3.63) is 42.1 Å². The largest absolute Gasteiger partial charge is 0.378 e. The third kappa shape index (κ3) is 5.10. The summed E-state index contributed by atoms with van der Waals surface area (Å²) in [5, 5.41) is 7.48. The van der Waals surface area contributed by atoms with Crippen LogP contribution in [0.3, 0.4) is 0 Å². The predicted molar refractivity (Wildman–Crippen MR) is 110 cm³/mol. The number of carbonyl (C=O) groups is 1. The minimum Gasteiger partial charge on any atom is -0.378 e. The van der Waals surface area contributed by atoms with E-state index in [4.69, 9.17) is 0 Å². The average Bonchev–Trinajstić information content (AvgIpc) is 3.33. The Morgan fingerprint density at radius 1 is 1.19 bits per heavy atom. The highest BCUT2D eigenvalue weighted by Gasteiger charge is 2.21. The summed E-state index contributed by atoms with van der Waals surface area (Å²) in [4.78, 5) is 16.8. The Morgan fingerprint density at radius 3 is 2.52 bits per heavy atom. The number of carbonyl (C=O) groups excluding carboxylic acids is 1. The zero-order valence-electron chi connectivity index (χ0n) is 16.7. The smallest absolute Gasteiger partial charge is 0.239 e. The van der Waals surface area contributed by atoms with Gasteiger partial charge in [-0.25, -0.2) is 4.68 Å². The molecule has 0 saturated heterocycles. The quantitative estimate of drug-likeness (QED) is 0.773. The van der Waals surface area contributed by atoms with E-state index in [-0.39, 0.29) is 5.91 Å². The molecule has 1 aliphatic rings. The molecular formula is C21H31N5O. The second-order valence-corrected chi connectivity index (χ2v) is 7.51. The summed E-state index contributed by atoms with van der Waals surface area (Å²) < 4.78 is 1.99. The topological polar surface area (TPSA) is 53.4 Å². The molecule has 6 heteroatoms. The van der Waals surface area contributed by atoms with E-state index in [0.29, 0.717) is 12.6 Å². The number of anilines is 2. The number of rotatable bonds is 8. The summed E-state index contributed by atoms with van der Waals surface area (Å²) in [6, 6.07) is 10.8. The summed E-state index contributed by atoms with van der Waals surface area (Å²) in [5.74, 6) is 0.833. The number of hydrogen-bond donors (Lipinski definition) is 1. The van der Waals surface area contributed by atoms with E-state index in [2.05, 4.69) is 51.4 Å². The van der Waals surface area contributed by atoms with E-state index < -0.39 is 0 Å². The zero-order valence-corrected chi connectivity index (χ0v) is 16.7. The first-order chi connectivity index (χ1) is 13.1. The van der Waals surface area contributed by atoms with Crippen LogP contribution in [0.4, 0.5) is 11.5 Å². The fourth-order valence-corrected chi connectivity index (χ4v) is 3.68. The molecule has 0 bridgehead atoms. The van der Waals surface area contributed by atoms with Gasteiger partial charge in [0.2, 0.25) is 5.91 Å². The summed E-state index contributed by atoms with van der Waals surface area (Å²) in [7, 11) is 4.07. The first-order valence-electron chi connectivity index (χ1n) is 9.88. The van der Waals surface area contributed by atoms with Crippen LogP contribution in [-0.2, 0) is 11.3 Å². The van der Waals surface area contributed by atoms with Gasteiger partial charge in [-0.3, -0.25) is 9.69 Å². The number of hydrogen-bond acceptors (Lipinski definition) is 4. The molecule has 0 spiro atoms. The Hall–Kier alpha value is -2.34. The SMILES string of the molecule is CCN(CC(=O)Nc1ccnn1C1CCCC1)Cc1ccc(N(C)C)cc1. The van der Waals surface area contributed by atoms with Gasteiger partial charge in [-0.1, -0.05) is 31.9 Å². The van der Waals surface area contributed by atoms with Crippen molar-refractivity contribution in [2.24, 2.45) is 0 Å². The van der Waals surface area contributed by atoms with Gasteiger partial charge < -0.3 is 10.2 Å². The number of nitrogens with one attached hydrogen (secondary N) is 1. The molecule has 146 valence electrons. The number of amides is 1. The lowest BCUT2D eigenvalue weighted by Gasteiger charge is -2.21. The van der Waals surface area contributed by atoms with Crippen LogP contribution in [0.15, 0.2) is 36.5 Å². The van der Waals surface area contributed by atoms with Crippen LogP contribution in [0.5, 0.6) is 0 Å². The second kappa shape index (κ2) is 9.04. The summed E-state index contributed by atoms with van der Waals surface area (Å²) in [5.41, 5.74) is 2.39. The van der Waals surface area contributed by atoms with Crippen LogP contribution in [0.25, 0.3) is 0 Å². The van der Waals surface area contributed by atoms with E-state index in [1.807, 2.05) is 24.8 Å². The van der Waals surface area contributed by atoms with E-state index in [9.17, 15) is 4.79 Å². The molecule has 0 radical (unpaired) electrons. The van der Waals surface area contributed by atoms with Crippen molar-refractivity contribution in [1.82, 2.24) is 14.7 Å². The molecule has 2 aromatic rings. The third-order valence-corrected chi connectivity index (χ3v) is 5.28. The zero-order chi connectivity index (χ0) is 19.2. The summed E-state index contributed by atoms with van der Waals surface area (Å²) in [6.45, 7) is 4.05. The van der Waals surface area contributed by atoms with Gasteiger partial charge >= 0.3 is 0 Å². The Balaban J connectivity index is 1.56. The Labute approximate surface area is 162 Å².